The van der Waals surface area contributed by atoms with Gasteiger partial charge in [-0.15, -0.1) is 24.0 Å². The molecule has 0 saturated heterocycles. The van der Waals surface area contributed by atoms with Crippen LogP contribution in [0.2, 0.25) is 0 Å². The Bertz CT molecular complexity index is 726. The zero-order chi connectivity index (χ0) is 19.7. The van der Waals surface area contributed by atoms with Crippen LogP contribution in [0.1, 0.15) is 44.6 Å². The molecular weight excluding hydrogens is 479 g/mol. The van der Waals surface area contributed by atoms with E-state index in [2.05, 4.69) is 44.8 Å². The number of ether oxygens (including phenoxy) is 1. The fourth-order valence-electron chi connectivity index (χ4n) is 3.86. The summed E-state index contributed by atoms with van der Waals surface area (Å²) in [6.45, 7) is 5.38. The minimum Gasteiger partial charge on any atom is -0.382 e. The van der Waals surface area contributed by atoms with Crippen molar-refractivity contribution in [2.75, 3.05) is 26.8 Å². The van der Waals surface area contributed by atoms with Crippen LogP contribution in [0.25, 0.3) is 5.69 Å². The number of aliphatic imine (C=N–C) groups is 1. The number of hydrogen-bond donors (Lipinski definition) is 2. The van der Waals surface area contributed by atoms with E-state index in [0.29, 0.717) is 5.41 Å². The summed E-state index contributed by atoms with van der Waals surface area (Å²) in [6.07, 6.45) is 9.53. The van der Waals surface area contributed by atoms with Gasteiger partial charge in [0.15, 0.2) is 5.96 Å². The number of rotatable bonds is 9. The van der Waals surface area contributed by atoms with Gasteiger partial charge in [-0.2, -0.15) is 5.10 Å². The van der Waals surface area contributed by atoms with E-state index in [0.717, 1.165) is 44.4 Å². The zero-order valence-corrected chi connectivity index (χ0v) is 19.8. The molecule has 2 aromatic rings. The Hall–Kier alpha value is -1.68. The first-order valence-electron chi connectivity index (χ1n) is 10.2. The van der Waals surface area contributed by atoms with Gasteiger partial charge < -0.3 is 15.4 Å². The van der Waals surface area contributed by atoms with Crippen LogP contribution < -0.4 is 10.6 Å². The maximum atomic E-state index is 5.61. The molecule has 1 heterocycles. The molecule has 0 bridgehead atoms. The highest BCUT2D eigenvalue weighted by atomic mass is 127. The van der Waals surface area contributed by atoms with Crippen molar-refractivity contribution in [3.05, 3.63) is 42.5 Å². The standard InChI is InChI=1S/C21H32N6O.HI/c1-3-28-13-12-21(10-4-5-11-21)15-25-20(22-2)24-14-18-6-8-19(9-7-18)27-17-23-16-26-27;/h6-9,16-17H,3-5,10-15H2,1-2H3,(H2,22,24,25);1H. The van der Waals surface area contributed by atoms with E-state index in [-0.39, 0.29) is 24.0 Å². The summed E-state index contributed by atoms with van der Waals surface area (Å²) in [5, 5.41) is 11.1. The van der Waals surface area contributed by atoms with Gasteiger partial charge in [0.1, 0.15) is 12.7 Å². The van der Waals surface area contributed by atoms with Crippen LogP contribution in [0, 0.1) is 5.41 Å². The second-order valence-electron chi connectivity index (χ2n) is 7.44. The molecule has 1 aromatic carbocycles. The largest absolute Gasteiger partial charge is 0.382 e. The highest BCUT2D eigenvalue weighted by molar-refractivity contribution is 14.0. The Kier molecular flexibility index (Phi) is 9.86. The summed E-state index contributed by atoms with van der Waals surface area (Å²) in [6, 6.07) is 8.28. The third-order valence-electron chi connectivity index (χ3n) is 5.58. The van der Waals surface area contributed by atoms with E-state index >= 15 is 0 Å². The van der Waals surface area contributed by atoms with Crippen molar-refractivity contribution in [1.29, 1.82) is 0 Å². The first-order chi connectivity index (χ1) is 13.7. The maximum absolute atomic E-state index is 5.61. The molecule has 160 valence electrons. The smallest absolute Gasteiger partial charge is 0.191 e. The molecule has 1 aromatic heterocycles. The lowest BCUT2D eigenvalue weighted by Gasteiger charge is -2.30. The fourth-order valence-corrected chi connectivity index (χ4v) is 3.86. The van der Waals surface area contributed by atoms with Crippen molar-refractivity contribution >= 4 is 29.9 Å². The topological polar surface area (TPSA) is 76.4 Å². The highest BCUT2D eigenvalue weighted by Crippen LogP contribution is 2.40. The SMILES string of the molecule is CCOCCC1(CNC(=NC)NCc2ccc(-n3cncn3)cc2)CCCC1.I. The molecule has 0 amide bonds. The van der Waals surface area contributed by atoms with Crippen LogP contribution in [0.3, 0.4) is 0 Å². The van der Waals surface area contributed by atoms with Gasteiger partial charge in [-0.3, -0.25) is 4.99 Å². The first-order valence-corrected chi connectivity index (χ1v) is 10.2. The molecule has 1 saturated carbocycles. The van der Waals surface area contributed by atoms with E-state index in [1.54, 1.807) is 11.0 Å². The van der Waals surface area contributed by atoms with Gasteiger partial charge in [0, 0.05) is 33.4 Å². The summed E-state index contributed by atoms with van der Waals surface area (Å²) in [5.41, 5.74) is 2.53. The monoisotopic (exact) mass is 512 g/mol. The van der Waals surface area contributed by atoms with Crippen LogP contribution in [0.5, 0.6) is 0 Å². The molecule has 0 atom stereocenters. The summed E-state index contributed by atoms with van der Waals surface area (Å²) in [7, 11) is 1.82. The number of halogens is 1. The third kappa shape index (κ3) is 6.95. The van der Waals surface area contributed by atoms with Gasteiger partial charge in [0.25, 0.3) is 0 Å². The third-order valence-corrected chi connectivity index (χ3v) is 5.58. The maximum Gasteiger partial charge on any atom is 0.191 e. The Morgan fingerprint density at radius 1 is 1.21 bits per heavy atom. The molecule has 0 spiro atoms. The number of hydrogen-bond acceptors (Lipinski definition) is 4. The normalized spacial score (nSPS) is 15.7. The lowest BCUT2D eigenvalue weighted by Crippen LogP contribution is -2.43. The number of benzene rings is 1. The van der Waals surface area contributed by atoms with Crippen molar-refractivity contribution in [1.82, 2.24) is 25.4 Å². The molecule has 2 N–H and O–H groups in total. The number of guanidine groups is 1. The van der Waals surface area contributed by atoms with Crippen LogP contribution >= 0.6 is 24.0 Å². The van der Waals surface area contributed by atoms with E-state index in [1.165, 1.54) is 37.6 Å². The lowest BCUT2D eigenvalue weighted by molar-refractivity contribution is 0.105. The van der Waals surface area contributed by atoms with E-state index in [1.807, 2.05) is 19.2 Å². The molecule has 3 rings (SSSR count). The lowest BCUT2D eigenvalue weighted by atomic mass is 9.83. The van der Waals surface area contributed by atoms with Crippen LogP contribution in [0.4, 0.5) is 0 Å². The van der Waals surface area contributed by atoms with Crippen molar-refractivity contribution in [3.63, 3.8) is 0 Å². The van der Waals surface area contributed by atoms with Crippen LogP contribution in [0.15, 0.2) is 41.9 Å². The van der Waals surface area contributed by atoms with Crippen LogP contribution in [-0.4, -0.2) is 47.5 Å². The second-order valence-corrected chi connectivity index (χ2v) is 7.44. The summed E-state index contributed by atoms with van der Waals surface area (Å²) in [4.78, 5) is 8.37. The molecule has 7 nitrogen and oxygen atoms in total. The second kappa shape index (κ2) is 12.1. The molecular formula is C21H33IN6O. The van der Waals surface area contributed by atoms with Gasteiger partial charge in [-0.25, -0.2) is 9.67 Å². The summed E-state index contributed by atoms with van der Waals surface area (Å²) < 4.78 is 7.36. The number of nitrogens with one attached hydrogen (secondary N) is 2. The van der Waals surface area contributed by atoms with Gasteiger partial charge in [-0.1, -0.05) is 25.0 Å². The molecule has 8 heteroatoms. The van der Waals surface area contributed by atoms with Gasteiger partial charge in [0.2, 0.25) is 0 Å². The highest BCUT2D eigenvalue weighted by Gasteiger charge is 2.33. The minimum atomic E-state index is 0. The average Bonchev–Trinajstić information content (AvgIpc) is 3.42. The van der Waals surface area contributed by atoms with Gasteiger partial charge in [-0.05, 0) is 49.3 Å². The Balaban J connectivity index is 0.00000300. The molecule has 1 fully saturated rings. The van der Waals surface area contributed by atoms with Crippen molar-refractivity contribution < 1.29 is 4.74 Å². The Morgan fingerprint density at radius 2 is 1.97 bits per heavy atom. The molecule has 1 aliphatic carbocycles. The molecule has 0 radical (unpaired) electrons. The molecule has 0 aliphatic heterocycles. The predicted octanol–water partition coefficient (Wildman–Crippen LogP) is 3.54. The molecule has 1 aliphatic rings. The fraction of sp³-hybridized carbons (Fsp3) is 0.571. The van der Waals surface area contributed by atoms with Crippen molar-refractivity contribution in [2.45, 2.75) is 45.6 Å². The quantitative estimate of drug-likeness (QED) is 0.233. The summed E-state index contributed by atoms with van der Waals surface area (Å²) in [5.74, 6) is 0.850. The van der Waals surface area contributed by atoms with Gasteiger partial charge in [0.05, 0.1) is 5.69 Å². The molecule has 0 unspecified atom stereocenters. The van der Waals surface area contributed by atoms with Crippen molar-refractivity contribution in [2.24, 2.45) is 10.4 Å². The summed E-state index contributed by atoms with van der Waals surface area (Å²) >= 11 is 0. The predicted molar refractivity (Wildman–Crippen MR) is 127 cm³/mol. The average molecular weight is 512 g/mol. The number of aromatic nitrogens is 3. The zero-order valence-electron chi connectivity index (χ0n) is 17.4. The van der Waals surface area contributed by atoms with Crippen LogP contribution in [-0.2, 0) is 11.3 Å². The number of nitrogens with zero attached hydrogens (tertiary/aromatic N) is 4. The first kappa shape index (κ1) is 23.6. The molecule has 29 heavy (non-hydrogen) atoms. The minimum absolute atomic E-state index is 0. The Morgan fingerprint density at radius 3 is 2.59 bits per heavy atom. The Labute approximate surface area is 190 Å². The van der Waals surface area contributed by atoms with E-state index < -0.39 is 0 Å². The van der Waals surface area contributed by atoms with E-state index in [9.17, 15) is 0 Å². The van der Waals surface area contributed by atoms with Gasteiger partial charge >= 0.3 is 0 Å². The van der Waals surface area contributed by atoms with E-state index in [4.69, 9.17) is 4.74 Å². The van der Waals surface area contributed by atoms with Crippen molar-refractivity contribution in [3.8, 4) is 5.69 Å².